The van der Waals surface area contributed by atoms with Gasteiger partial charge in [0.25, 0.3) is 5.56 Å². The van der Waals surface area contributed by atoms with E-state index < -0.39 is 5.92 Å². The molecule has 0 saturated heterocycles. The van der Waals surface area contributed by atoms with Gasteiger partial charge in [0, 0.05) is 12.3 Å². The van der Waals surface area contributed by atoms with Crippen molar-refractivity contribution in [3.8, 4) is 5.75 Å². The molecule has 7 heteroatoms. The van der Waals surface area contributed by atoms with Gasteiger partial charge in [0.1, 0.15) is 11.6 Å². The average molecular weight is 272 g/mol. The van der Waals surface area contributed by atoms with Crippen LogP contribution in [-0.2, 0) is 4.79 Å². The first-order chi connectivity index (χ1) is 9.54. The van der Waals surface area contributed by atoms with Crippen molar-refractivity contribution >= 4 is 17.7 Å². The highest BCUT2D eigenvalue weighted by Gasteiger charge is 2.30. The highest BCUT2D eigenvalue weighted by molar-refractivity contribution is 5.94. The summed E-state index contributed by atoms with van der Waals surface area (Å²) in [6.07, 6.45) is 0.145. The summed E-state index contributed by atoms with van der Waals surface area (Å²) in [7, 11) is 0. The number of anilines is 2. The van der Waals surface area contributed by atoms with Crippen molar-refractivity contribution in [1.29, 1.82) is 0 Å². The molecule has 1 aromatic carbocycles. The molecule has 1 atom stereocenters. The molecule has 0 saturated carbocycles. The SMILES string of the molecule is Nc1nc2c(c(=O)[nH]1)[C@H](c1ccc(O)cc1)CC(=O)N2. The van der Waals surface area contributed by atoms with Crippen molar-refractivity contribution in [2.24, 2.45) is 0 Å². The van der Waals surface area contributed by atoms with E-state index in [0.717, 1.165) is 5.56 Å². The molecular weight excluding hydrogens is 260 g/mol. The molecule has 7 nitrogen and oxygen atoms in total. The van der Waals surface area contributed by atoms with E-state index >= 15 is 0 Å². The number of aromatic amines is 1. The highest BCUT2D eigenvalue weighted by Crippen LogP contribution is 2.34. The van der Waals surface area contributed by atoms with E-state index in [0.29, 0.717) is 5.56 Å². The standard InChI is InChI=1S/C13H12N4O3/c14-13-16-11-10(12(20)17-13)8(5-9(19)15-11)6-1-3-7(18)4-2-6/h1-4,8,18H,5H2,(H4,14,15,16,17,19,20)/t8-/m0/s1. The second kappa shape index (κ2) is 4.37. The van der Waals surface area contributed by atoms with Crippen LogP contribution in [0.4, 0.5) is 11.8 Å². The Labute approximate surface area is 113 Å². The van der Waals surface area contributed by atoms with Crippen molar-refractivity contribution in [2.75, 3.05) is 11.1 Å². The van der Waals surface area contributed by atoms with Gasteiger partial charge < -0.3 is 16.2 Å². The smallest absolute Gasteiger partial charge is 0.258 e. The van der Waals surface area contributed by atoms with Crippen LogP contribution in [0.3, 0.4) is 0 Å². The van der Waals surface area contributed by atoms with E-state index in [1.807, 2.05) is 0 Å². The molecule has 1 amide bonds. The van der Waals surface area contributed by atoms with Crippen LogP contribution >= 0.6 is 0 Å². The monoisotopic (exact) mass is 272 g/mol. The first-order valence-corrected chi connectivity index (χ1v) is 6.03. The fraction of sp³-hybridized carbons (Fsp3) is 0.154. The topological polar surface area (TPSA) is 121 Å². The number of aromatic nitrogens is 2. The van der Waals surface area contributed by atoms with Gasteiger partial charge in [-0.1, -0.05) is 12.1 Å². The van der Waals surface area contributed by atoms with Crippen molar-refractivity contribution < 1.29 is 9.90 Å². The number of amides is 1. The molecule has 20 heavy (non-hydrogen) atoms. The number of fused-ring (bicyclic) bond motifs is 1. The molecule has 0 bridgehead atoms. The number of aromatic hydroxyl groups is 1. The number of nitrogens with two attached hydrogens (primary N) is 1. The molecule has 0 aliphatic carbocycles. The fourth-order valence-electron chi connectivity index (χ4n) is 2.38. The van der Waals surface area contributed by atoms with Crippen LogP contribution in [0.1, 0.15) is 23.5 Å². The zero-order chi connectivity index (χ0) is 14.3. The maximum atomic E-state index is 12.1. The zero-order valence-electron chi connectivity index (χ0n) is 10.4. The van der Waals surface area contributed by atoms with Crippen LogP contribution in [0.15, 0.2) is 29.1 Å². The number of rotatable bonds is 1. The molecule has 2 aromatic rings. The lowest BCUT2D eigenvalue weighted by Crippen LogP contribution is -2.31. The molecule has 3 rings (SSSR count). The van der Waals surface area contributed by atoms with E-state index in [-0.39, 0.29) is 35.4 Å². The number of nitrogen functional groups attached to an aromatic ring is 1. The molecule has 0 radical (unpaired) electrons. The second-order valence-corrected chi connectivity index (χ2v) is 4.61. The first kappa shape index (κ1) is 12.2. The largest absolute Gasteiger partial charge is 0.508 e. The minimum atomic E-state index is -0.406. The number of nitrogens with zero attached hydrogens (tertiary/aromatic N) is 1. The molecular formula is C13H12N4O3. The predicted molar refractivity (Wildman–Crippen MR) is 72.5 cm³/mol. The molecule has 1 aliphatic heterocycles. The van der Waals surface area contributed by atoms with Gasteiger partial charge in [0.15, 0.2) is 0 Å². The number of carbonyl (C=O) groups excluding carboxylic acids is 1. The van der Waals surface area contributed by atoms with Crippen molar-refractivity contribution in [3.05, 3.63) is 45.7 Å². The van der Waals surface area contributed by atoms with Gasteiger partial charge in [-0.05, 0) is 17.7 Å². The Morgan fingerprint density at radius 1 is 1.25 bits per heavy atom. The Morgan fingerprint density at radius 2 is 1.95 bits per heavy atom. The first-order valence-electron chi connectivity index (χ1n) is 6.03. The molecule has 0 unspecified atom stereocenters. The third-order valence-electron chi connectivity index (χ3n) is 3.26. The van der Waals surface area contributed by atoms with Crippen LogP contribution in [0.5, 0.6) is 5.75 Å². The van der Waals surface area contributed by atoms with Gasteiger partial charge in [-0.3, -0.25) is 14.6 Å². The van der Waals surface area contributed by atoms with Crippen molar-refractivity contribution in [1.82, 2.24) is 9.97 Å². The number of phenolic OH excluding ortho intramolecular Hbond substituents is 1. The molecule has 2 heterocycles. The zero-order valence-corrected chi connectivity index (χ0v) is 10.4. The van der Waals surface area contributed by atoms with Gasteiger partial charge >= 0.3 is 0 Å². The van der Waals surface area contributed by atoms with Crippen molar-refractivity contribution in [2.45, 2.75) is 12.3 Å². The normalized spacial score (nSPS) is 17.4. The maximum Gasteiger partial charge on any atom is 0.258 e. The number of hydrogen-bond donors (Lipinski definition) is 4. The van der Waals surface area contributed by atoms with E-state index in [1.54, 1.807) is 12.1 Å². The lowest BCUT2D eigenvalue weighted by molar-refractivity contribution is -0.116. The van der Waals surface area contributed by atoms with Crippen LogP contribution in [-0.4, -0.2) is 21.0 Å². The Balaban J connectivity index is 2.17. The van der Waals surface area contributed by atoms with E-state index in [1.165, 1.54) is 12.1 Å². The number of phenols is 1. The number of carbonyl (C=O) groups is 1. The number of H-pyrrole nitrogens is 1. The Kier molecular flexibility index (Phi) is 2.67. The predicted octanol–water partition coefficient (Wildman–Crippen LogP) is 0.532. The third kappa shape index (κ3) is 1.99. The summed E-state index contributed by atoms with van der Waals surface area (Å²) in [6.45, 7) is 0. The van der Waals surface area contributed by atoms with Gasteiger partial charge in [-0.15, -0.1) is 0 Å². The summed E-state index contributed by atoms with van der Waals surface area (Å²) in [6, 6.07) is 6.39. The Morgan fingerprint density at radius 3 is 2.65 bits per heavy atom. The summed E-state index contributed by atoms with van der Waals surface area (Å²) >= 11 is 0. The summed E-state index contributed by atoms with van der Waals surface area (Å²) in [5.41, 5.74) is 6.25. The Hall–Kier alpha value is -2.83. The summed E-state index contributed by atoms with van der Waals surface area (Å²) in [5, 5.41) is 11.9. The van der Waals surface area contributed by atoms with Gasteiger partial charge in [0.2, 0.25) is 11.9 Å². The van der Waals surface area contributed by atoms with E-state index in [2.05, 4.69) is 15.3 Å². The Bertz CT molecular complexity index is 736. The van der Waals surface area contributed by atoms with Crippen LogP contribution in [0, 0.1) is 0 Å². The van der Waals surface area contributed by atoms with E-state index in [4.69, 9.17) is 5.73 Å². The van der Waals surface area contributed by atoms with E-state index in [9.17, 15) is 14.7 Å². The molecule has 102 valence electrons. The third-order valence-corrected chi connectivity index (χ3v) is 3.26. The molecule has 5 N–H and O–H groups in total. The van der Waals surface area contributed by atoms with Gasteiger partial charge in [-0.25, -0.2) is 0 Å². The van der Waals surface area contributed by atoms with Crippen molar-refractivity contribution in [3.63, 3.8) is 0 Å². The van der Waals surface area contributed by atoms with Gasteiger partial charge in [-0.2, -0.15) is 4.98 Å². The van der Waals surface area contributed by atoms with Gasteiger partial charge in [0.05, 0.1) is 5.56 Å². The molecule has 1 aromatic heterocycles. The minimum absolute atomic E-state index is 0.0413. The number of hydrogen-bond acceptors (Lipinski definition) is 5. The fourth-order valence-corrected chi connectivity index (χ4v) is 2.38. The minimum Gasteiger partial charge on any atom is -0.508 e. The van der Waals surface area contributed by atoms with Crippen LogP contribution < -0.4 is 16.6 Å². The summed E-state index contributed by atoms with van der Waals surface area (Å²) in [4.78, 5) is 30.2. The summed E-state index contributed by atoms with van der Waals surface area (Å²) in [5.74, 6) is -0.358. The highest BCUT2D eigenvalue weighted by atomic mass is 16.3. The number of nitrogens with one attached hydrogen (secondary N) is 2. The van der Waals surface area contributed by atoms with Crippen LogP contribution in [0.2, 0.25) is 0 Å². The molecule has 0 fully saturated rings. The van der Waals surface area contributed by atoms with Crippen LogP contribution in [0.25, 0.3) is 0 Å². The average Bonchev–Trinajstić information content (AvgIpc) is 2.37. The quantitative estimate of drug-likeness (QED) is 0.603. The molecule has 0 spiro atoms. The lowest BCUT2D eigenvalue weighted by Gasteiger charge is -2.24. The summed E-state index contributed by atoms with van der Waals surface area (Å²) < 4.78 is 0. The molecule has 1 aliphatic rings. The maximum absolute atomic E-state index is 12.1. The lowest BCUT2D eigenvalue weighted by atomic mass is 9.87. The second-order valence-electron chi connectivity index (χ2n) is 4.61. The number of benzene rings is 1.